The molecule has 0 radical (unpaired) electrons. The molecule has 0 unspecified atom stereocenters. The Bertz CT molecular complexity index is 1220. The molecule has 7 heteroatoms. The van der Waals surface area contributed by atoms with Gasteiger partial charge in [-0.15, -0.1) is 0 Å². The van der Waals surface area contributed by atoms with Crippen molar-refractivity contribution in [1.29, 1.82) is 0 Å². The van der Waals surface area contributed by atoms with Crippen molar-refractivity contribution in [3.05, 3.63) is 99.0 Å². The van der Waals surface area contributed by atoms with E-state index in [1.807, 2.05) is 6.92 Å². The molecular formula is C24H16BrNO5. The Balaban J connectivity index is 1.50. The molecule has 1 aliphatic rings. The molecule has 0 bridgehead atoms. The molecule has 1 heterocycles. The van der Waals surface area contributed by atoms with Gasteiger partial charge in [0.1, 0.15) is 0 Å². The number of ether oxygens (including phenoxy) is 1. The fraction of sp³-hybridized carbons (Fsp3) is 0.0833. The van der Waals surface area contributed by atoms with E-state index in [2.05, 4.69) is 15.9 Å². The van der Waals surface area contributed by atoms with Crippen molar-refractivity contribution in [2.24, 2.45) is 0 Å². The van der Waals surface area contributed by atoms with E-state index < -0.39 is 24.4 Å². The number of nitrogens with zero attached hydrogens (tertiary/aromatic N) is 1. The summed E-state index contributed by atoms with van der Waals surface area (Å²) >= 11 is 3.32. The Kier molecular flexibility index (Phi) is 5.52. The molecule has 2 amide bonds. The maximum Gasteiger partial charge on any atom is 0.338 e. The van der Waals surface area contributed by atoms with Crippen molar-refractivity contribution in [1.82, 2.24) is 0 Å². The van der Waals surface area contributed by atoms with Gasteiger partial charge in [0.05, 0.1) is 22.4 Å². The first-order valence-corrected chi connectivity index (χ1v) is 10.2. The van der Waals surface area contributed by atoms with Crippen molar-refractivity contribution in [2.45, 2.75) is 6.92 Å². The van der Waals surface area contributed by atoms with Crippen LogP contribution < -0.4 is 4.90 Å². The fourth-order valence-electron chi connectivity index (χ4n) is 3.23. The number of Topliss-reactive ketones (excluding diaryl/α,β-unsaturated/α-hetero) is 1. The Morgan fingerprint density at radius 1 is 0.839 bits per heavy atom. The van der Waals surface area contributed by atoms with Gasteiger partial charge in [0.25, 0.3) is 11.8 Å². The van der Waals surface area contributed by atoms with Gasteiger partial charge in [0.15, 0.2) is 12.4 Å². The zero-order chi connectivity index (χ0) is 22.1. The highest BCUT2D eigenvalue weighted by molar-refractivity contribution is 9.10. The molecule has 154 valence electrons. The highest BCUT2D eigenvalue weighted by Crippen LogP contribution is 2.30. The molecule has 0 aromatic heterocycles. The fourth-order valence-corrected chi connectivity index (χ4v) is 3.49. The number of hydrogen-bond donors (Lipinski definition) is 0. The number of hydrogen-bond acceptors (Lipinski definition) is 5. The number of benzene rings is 3. The molecule has 3 aromatic carbocycles. The van der Waals surface area contributed by atoms with E-state index in [4.69, 9.17) is 4.74 Å². The number of rotatable bonds is 5. The van der Waals surface area contributed by atoms with E-state index in [0.717, 1.165) is 14.9 Å². The summed E-state index contributed by atoms with van der Waals surface area (Å²) in [5.41, 5.74) is 2.31. The second-order valence-corrected chi connectivity index (χ2v) is 7.96. The number of anilines is 1. The SMILES string of the molecule is Cc1ccc(C(=O)COC(=O)c2ccc3c(c2)C(=O)N(c2ccc(Br)cc2)C3=O)cc1. The molecule has 0 atom stereocenters. The van der Waals surface area contributed by atoms with Crippen LogP contribution in [0.5, 0.6) is 0 Å². The minimum atomic E-state index is -0.745. The summed E-state index contributed by atoms with van der Waals surface area (Å²) in [5, 5.41) is 0. The summed E-state index contributed by atoms with van der Waals surface area (Å²) in [6, 6.07) is 17.9. The summed E-state index contributed by atoms with van der Waals surface area (Å²) in [6.45, 7) is 1.49. The van der Waals surface area contributed by atoms with Gasteiger partial charge in [0, 0.05) is 10.0 Å². The predicted molar refractivity (Wildman–Crippen MR) is 118 cm³/mol. The molecule has 4 rings (SSSR count). The van der Waals surface area contributed by atoms with Gasteiger partial charge in [0.2, 0.25) is 0 Å². The van der Waals surface area contributed by atoms with Crippen LogP contribution in [0.1, 0.15) is 47.0 Å². The lowest BCUT2D eigenvalue weighted by Crippen LogP contribution is -2.29. The Hall–Kier alpha value is -3.58. The van der Waals surface area contributed by atoms with Crippen LogP contribution in [0.2, 0.25) is 0 Å². The van der Waals surface area contributed by atoms with E-state index in [-0.39, 0.29) is 22.5 Å². The van der Waals surface area contributed by atoms with E-state index in [1.165, 1.54) is 18.2 Å². The number of carbonyl (C=O) groups is 4. The molecule has 0 saturated carbocycles. The molecule has 0 aliphatic carbocycles. The van der Waals surface area contributed by atoms with Crippen LogP contribution in [0, 0.1) is 6.92 Å². The van der Waals surface area contributed by atoms with Crippen LogP contribution in [-0.2, 0) is 4.74 Å². The largest absolute Gasteiger partial charge is 0.454 e. The zero-order valence-electron chi connectivity index (χ0n) is 16.4. The van der Waals surface area contributed by atoms with Crippen molar-refractivity contribution in [2.75, 3.05) is 11.5 Å². The highest BCUT2D eigenvalue weighted by Gasteiger charge is 2.37. The van der Waals surface area contributed by atoms with Gasteiger partial charge >= 0.3 is 5.97 Å². The molecule has 0 spiro atoms. The molecule has 3 aromatic rings. The minimum Gasteiger partial charge on any atom is -0.454 e. The summed E-state index contributed by atoms with van der Waals surface area (Å²) in [7, 11) is 0. The quantitative estimate of drug-likeness (QED) is 0.304. The average Bonchev–Trinajstić information content (AvgIpc) is 3.02. The number of carbonyl (C=O) groups excluding carboxylic acids is 4. The molecule has 0 N–H and O–H groups in total. The monoisotopic (exact) mass is 477 g/mol. The third-order valence-electron chi connectivity index (χ3n) is 4.91. The number of ketones is 1. The van der Waals surface area contributed by atoms with E-state index in [1.54, 1.807) is 48.5 Å². The minimum absolute atomic E-state index is 0.0919. The molecule has 0 fully saturated rings. The Labute approximate surface area is 186 Å². The van der Waals surface area contributed by atoms with Crippen LogP contribution in [0.15, 0.2) is 71.2 Å². The third-order valence-corrected chi connectivity index (χ3v) is 5.44. The van der Waals surface area contributed by atoms with Crippen molar-refractivity contribution in [3.8, 4) is 0 Å². The van der Waals surface area contributed by atoms with Gasteiger partial charge in [-0.3, -0.25) is 14.4 Å². The maximum atomic E-state index is 12.8. The van der Waals surface area contributed by atoms with Crippen LogP contribution >= 0.6 is 15.9 Å². The smallest absolute Gasteiger partial charge is 0.338 e. The number of amides is 2. The van der Waals surface area contributed by atoms with Gasteiger partial charge in [-0.05, 0) is 49.4 Å². The van der Waals surface area contributed by atoms with Crippen molar-refractivity contribution in [3.63, 3.8) is 0 Å². The topological polar surface area (TPSA) is 80.8 Å². The molecule has 31 heavy (non-hydrogen) atoms. The van der Waals surface area contributed by atoms with E-state index >= 15 is 0 Å². The number of esters is 1. The van der Waals surface area contributed by atoms with E-state index in [0.29, 0.717) is 11.3 Å². The Morgan fingerprint density at radius 2 is 1.45 bits per heavy atom. The van der Waals surface area contributed by atoms with Crippen LogP contribution in [-0.4, -0.2) is 30.2 Å². The first kappa shape index (κ1) is 20.7. The second kappa shape index (κ2) is 8.28. The van der Waals surface area contributed by atoms with Gasteiger partial charge < -0.3 is 4.74 Å². The van der Waals surface area contributed by atoms with Gasteiger partial charge in [-0.2, -0.15) is 0 Å². The lowest BCUT2D eigenvalue weighted by atomic mass is 10.1. The molecule has 6 nitrogen and oxygen atoms in total. The molecule has 0 saturated heterocycles. The van der Waals surface area contributed by atoms with Crippen LogP contribution in [0.4, 0.5) is 5.69 Å². The summed E-state index contributed by atoms with van der Waals surface area (Å²) in [6.07, 6.45) is 0. The number of aryl methyl sites for hydroxylation is 1. The standard InChI is InChI=1S/C24H16BrNO5/c1-14-2-4-15(5-3-14)21(27)13-31-24(30)16-6-11-19-20(12-16)23(29)26(22(19)28)18-9-7-17(25)8-10-18/h2-12H,13H2,1H3. The summed E-state index contributed by atoms with van der Waals surface area (Å²) < 4.78 is 5.94. The first-order valence-electron chi connectivity index (χ1n) is 9.40. The lowest BCUT2D eigenvalue weighted by molar-refractivity contribution is 0.0474. The normalized spacial score (nSPS) is 12.6. The van der Waals surface area contributed by atoms with Crippen molar-refractivity contribution < 1.29 is 23.9 Å². The first-order chi connectivity index (χ1) is 14.8. The van der Waals surface area contributed by atoms with Gasteiger partial charge in [-0.25, -0.2) is 9.69 Å². The van der Waals surface area contributed by atoms with Crippen LogP contribution in [0.25, 0.3) is 0 Å². The third kappa shape index (κ3) is 4.04. The zero-order valence-corrected chi connectivity index (χ0v) is 18.0. The van der Waals surface area contributed by atoms with Crippen LogP contribution in [0.3, 0.4) is 0 Å². The number of imide groups is 1. The summed E-state index contributed by atoms with van der Waals surface area (Å²) in [5.74, 6) is -2.06. The molecular weight excluding hydrogens is 462 g/mol. The Morgan fingerprint density at radius 3 is 2.13 bits per heavy atom. The predicted octanol–water partition coefficient (Wildman–Crippen LogP) is 4.60. The highest BCUT2D eigenvalue weighted by atomic mass is 79.9. The average molecular weight is 478 g/mol. The number of fused-ring (bicyclic) bond motifs is 1. The lowest BCUT2D eigenvalue weighted by Gasteiger charge is -2.13. The second-order valence-electron chi connectivity index (χ2n) is 7.05. The van der Waals surface area contributed by atoms with E-state index in [9.17, 15) is 19.2 Å². The summed E-state index contributed by atoms with van der Waals surface area (Å²) in [4.78, 5) is 51.2. The molecule has 1 aliphatic heterocycles. The number of halogens is 1. The maximum absolute atomic E-state index is 12.8. The van der Waals surface area contributed by atoms with Gasteiger partial charge in [-0.1, -0.05) is 45.8 Å². The van der Waals surface area contributed by atoms with Crippen molar-refractivity contribution >= 4 is 45.2 Å².